The van der Waals surface area contributed by atoms with E-state index in [1.165, 1.54) is 5.56 Å². The van der Waals surface area contributed by atoms with Crippen LogP contribution in [0.1, 0.15) is 30.9 Å². The minimum Gasteiger partial charge on any atom is -0.212 e. The zero-order chi connectivity index (χ0) is 12.5. The Labute approximate surface area is 104 Å². The fraction of sp³-hybridized carbons (Fsp3) is 0.538. The number of rotatable bonds is 5. The molecule has 1 aliphatic rings. The number of aryl methyl sites for hydroxylation is 1. The Morgan fingerprint density at radius 1 is 1.24 bits per heavy atom. The SMILES string of the molecule is CCS(=O)(=O)N(Cc1ccc(C)cc1)C1CC1. The van der Waals surface area contributed by atoms with E-state index in [4.69, 9.17) is 0 Å². The van der Waals surface area contributed by atoms with Gasteiger partial charge < -0.3 is 0 Å². The highest BCUT2D eigenvalue weighted by atomic mass is 32.2. The Morgan fingerprint density at radius 2 is 1.82 bits per heavy atom. The van der Waals surface area contributed by atoms with Gasteiger partial charge in [-0.05, 0) is 32.3 Å². The quantitative estimate of drug-likeness (QED) is 0.807. The maximum atomic E-state index is 12.0. The zero-order valence-corrected chi connectivity index (χ0v) is 11.2. The Balaban J connectivity index is 2.16. The maximum absolute atomic E-state index is 12.0. The van der Waals surface area contributed by atoms with Gasteiger partial charge >= 0.3 is 0 Å². The van der Waals surface area contributed by atoms with Crippen molar-refractivity contribution in [3.05, 3.63) is 35.4 Å². The molecule has 2 rings (SSSR count). The minimum absolute atomic E-state index is 0.190. The van der Waals surface area contributed by atoms with Gasteiger partial charge in [0.1, 0.15) is 0 Å². The largest absolute Gasteiger partial charge is 0.214 e. The molecule has 1 aromatic carbocycles. The topological polar surface area (TPSA) is 37.4 Å². The summed E-state index contributed by atoms with van der Waals surface area (Å²) in [5, 5.41) is 0. The summed E-state index contributed by atoms with van der Waals surface area (Å²) in [6.07, 6.45) is 2.01. The van der Waals surface area contributed by atoms with Crippen LogP contribution in [0, 0.1) is 6.92 Å². The highest BCUT2D eigenvalue weighted by molar-refractivity contribution is 7.89. The molecule has 94 valence electrons. The van der Waals surface area contributed by atoms with Gasteiger partial charge in [0, 0.05) is 12.6 Å². The predicted octanol–water partition coefficient (Wildman–Crippen LogP) is 2.31. The van der Waals surface area contributed by atoms with E-state index in [2.05, 4.69) is 0 Å². The van der Waals surface area contributed by atoms with E-state index in [-0.39, 0.29) is 11.8 Å². The summed E-state index contributed by atoms with van der Waals surface area (Å²) in [4.78, 5) is 0. The fourth-order valence-electron chi connectivity index (χ4n) is 1.86. The zero-order valence-electron chi connectivity index (χ0n) is 10.4. The van der Waals surface area contributed by atoms with Gasteiger partial charge in [0.25, 0.3) is 0 Å². The number of hydrogen-bond donors (Lipinski definition) is 0. The van der Waals surface area contributed by atoms with Crippen molar-refractivity contribution >= 4 is 10.0 Å². The van der Waals surface area contributed by atoms with Crippen LogP contribution in [0.15, 0.2) is 24.3 Å². The number of nitrogens with zero attached hydrogens (tertiary/aromatic N) is 1. The molecule has 0 aliphatic heterocycles. The Hall–Kier alpha value is -0.870. The molecular formula is C13H19NO2S. The molecule has 0 atom stereocenters. The molecule has 0 radical (unpaired) electrons. The van der Waals surface area contributed by atoms with Gasteiger partial charge in [-0.2, -0.15) is 4.31 Å². The van der Waals surface area contributed by atoms with Crippen molar-refractivity contribution in [2.24, 2.45) is 0 Å². The molecule has 1 aromatic rings. The first-order chi connectivity index (χ1) is 8.03. The molecule has 0 aromatic heterocycles. The number of hydrogen-bond acceptors (Lipinski definition) is 2. The lowest BCUT2D eigenvalue weighted by molar-refractivity contribution is 0.399. The summed E-state index contributed by atoms with van der Waals surface area (Å²) in [6, 6.07) is 8.31. The Bertz CT molecular complexity index is 475. The van der Waals surface area contributed by atoms with Gasteiger partial charge in [0.2, 0.25) is 10.0 Å². The van der Waals surface area contributed by atoms with Crippen molar-refractivity contribution in [3.63, 3.8) is 0 Å². The first kappa shape index (κ1) is 12.6. The normalized spacial score (nSPS) is 16.4. The Kier molecular flexibility index (Phi) is 3.54. The predicted molar refractivity (Wildman–Crippen MR) is 69.2 cm³/mol. The second-order valence-electron chi connectivity index (χ2n) is 4.66. The molecule has 0 spiro atoms. The van der Waals surface area contributed by atoms with Crippen LogP contribution in [-0.4, -0.2) is 24.5 Å². The molecule has 3 nitrogen and oxygen atoms in total. The van der Waals surface area contributed by atoms with Crippen LogP contribution in [0.5, 0.6) is 0 Å². The van der Waals surface area contributed by atoms with Gasteiger partial charge in [0.05, 0.1) is 5.75 Å². The molecule has 0 unspecified atom stereocenters. The van der Waals surface area contributed by atoms with E-state index in [9.17, 15) is 8.42 Å². The van der Waals surface area contributed by atoms with Crippen molar-refractivity contribution in [1.29, 1.82) is 0 Å². The van der Waals surface area contributed by atoms with Gasteiger partial charge in [-0.1, -0.05) is 29.8 Å². The highest BCUT2D eigenvalue weighted by Crippen LogP contribution is 2.31. The van der Waals surface area contributed by atoms with Crippen LogP contribution in [0.4, 0.5) is 0 Å². The fourth-order valence-corrected chi connectivity index (χ4v) is 3.20. The van der Waals surface area contributed by atoms with E-state index >= 15 is 0 Å². The van der Waals surface area contributed by atoms with Crippen molar-refractivity contribution in [2.75, 3.05) is 5.75 Å². The Morgan fingerprint density at radius 3 is 2.29 bits per heavy atom. The van der Waals surface area contributed by atoms with Crippen LogP contribution < -0.4 is 0 Å². The smallest absolute Gasteiger partial charge is 0.212 e. The van der Waals surface area contributed by atoms with Crippen LogP contribution in [-0.2, 0) is 16.6 Å². The maximum Gasteiger partial charge on any atom is 0.214 e. The second kappa shape index (κ2) is 4.78. The van der Waals surface area contributed by atoms with Crippen LogP contribution in [0.25, 0.3) is 0 Å². The van der Waals surface area contributed by atoms with Gasteiger partial charge in [-0.25, -0.2) is 8.42 Å². The van der Waals surface area contributed by atoms with E-state index in [1.54, 1.807) is 11.2 Å². The monoisotopic (exact) mass is 253 g/mol. The molecule has 0 amide bonds. The van der Waals surface area contributed by atoms with Crippen molar-refractivity contribution in [2.45, 2.75) is 39.3 Å². The van der Waals surface area contributed by atoms with Crippen LogP contribution >= 0.6 is 0 Å². The number of sulfonamides is 1. The van der Waals surface area contributed by atoms with E-state index in [0.717, 1.165) is 18.4 Å². The molecule has 1 aliphatic carbocycles. The first-order valence-electron chi connectivity index (χ1n) is 6.08. The standard InChI is InChI=1S/C13H19NO2S/c1-3-17(15,16)14(13-8-9-13)10-12-6-4-11(2)5-7-12/h4-7,13H,3,8-10H2,1-2H3. The average molecular weight is 253 g/mol. The van der Waals surface area contributed by atoms with Crippen LogP contribution in [0.2, 0.25) is 0 Å². The van der Waals surface area contributed by atoms with E-state index in [1.807, 2.05) is 31.2 Å². The number of benzene rings is 1. The summed E-state index contributed by atoms with van der Waals surface area (Å²) in [5.74, 6) is 0.190. The second-order valence-corrected chi connectivity index (χ2v) is 6.87. The van der Waals surface area contributed by atoms with Crippen molar-refractivity contribution in [1.82, 2.24) is 4.31 Å². The van der Waals surface area contributed by atoms with Gasteiger partial charge in [-0.15, -0.1) is 0 Å². The average Bonchev–Trinajstić information content (AvgIpc) is 3.12. The summed E-state index contributed by atoms with van der Waals surface area (Å²) in [6.45, 7) is 4.26. The van der Waals surface area contributed by atoms with Crippen molar-refractivity contribution < 1.29 is 8.42 Å². The summed E-state index contributed by atoms with van der Waals surface area (Å²) >= 11 is 0. The summed E-state index contributed by atoms with van der Waals surface area (Å²) < 4.78 is 25.6. The third kappa shape index (κ3) is 3.07. The molecule has 4 heteroatoms. The molecule has 0 saturated heterocycles. The minimum atomic E-state index is -3.07. The molecule has 1 fully saturated rings. The lowest BCUT2D eigenvalue weighted by Gasteiger charge is -2.21. The molecule has 1 saturated carbocycles. The van der Waals surface area contributed by atoms with E-state index in [0.29, 0.717) is 6.54 Å². The highest BCUT2D eigenvalue weighted by Gasteiger charge is 2.36. The molecular weight excluding hydrogens is 234 g/mol. The third-order valence-electron chi connectivity index (χ3n) is 3.14. The summed E-state index contributed by atoms with van der Waals surface area (Å²) in [7, 11) is -3.07. The van der Waals surface area contributed by atoms with E-state index < -0.39 is 10.0 Å². The van der Waals surface area contributed by atoms with Crippen molar-refractivity contribution in [3.8, 4) is 0 Å². The molecule has 0 heterocycles. The third-order valence-corrected chi connectivity index (χ3v) is 5.01. The lowest BCUT2D eigenvalue weighted by Crippen LogP contribution is -2.33. The van der Waals surface area contributed by atoms with Crippen LogP contribution in [0.3, 0.4) is 0 Å². The first-order valence-corrected chi connectivity index (χ1v) is 7.69. The summed E-state index contributed by atoms with van der Waals surface area (Å²) in [5.41, 5.74) is 2.27. The van der Waals surface area contributed by atoms with Gasteiger partial charge in [-0.3, -0.25) is 0 Å². The molecule has 17 heavy (non-hydrogen) atoms. The van der Waals surface area contributed by atoms with Gasteiger partial charge in [0.15, 0.2) is 0 Å². The molecule has 0 N–H and O–H groups in total. The lowest BCUT2D eigenvalue weighted by atomic mass is 10.1. The molecule has 0 bridgehead atoms.